The van der Waals surface area contributed by atoms with Crippen LogP contribution in [0.2, 0.25) is 0 Å². The van der Waals surface area contributed by atoms with Crippen molar-refractivity contribution in [1.29, 1.82) is 5.26 Å². The highest BCUT2D eigenvalue weighted by atomic mass is 16.5. The van der Waals surface area contributed by atoms with Crippen molar-refractivity contribution in [3.8, 4) is 23.3 Å². The highest BCUT2D eigenvalue weighted by Crippen LogP contribution is 2.35. The number of hydrogen-bond donors (Lipinski definition) is 0. The van der Waals surface area contributed by atoms with Crippen LogP contribution in [0.15, 0.2) is 18.2 Å². The van der Waals surface area contributed by atoms with Crippen molar-refractivity contribution in [1.82, 2.24) is 0 Å². The maximum Gasteiger partial charge on any atom is 0.203 e. The molecule has 0 aliphatic heterocycles. The normalized spacial score (nSPS) is 7.93. The molecule has 0 amide bonds. The van der Waals surface area contributed by atoms with Crippen molar-refractivity contribution in [2.75, 3.05) is 21.3 Å². The van der Waals surface area contributed by atoms with E-state index in [1.807, 2.05) is 18.2 Å². The zero-order valence-corrected chi connectivity index (χ0v) is 9.40. The predicted octanol–water partition coefficient (Wildman–Crippen LogP) is 2.24. The van der Waals surface area contributed by atoms with Gasteiger partial charge in [0, 0.05) is 6.92 Å². The summed E-state index contributed by atoms with van der Waals surface area (Å²) >= 11 is 0. The fourth-order valence-corrected chi connectivity index (χ4v) is 1.02. The van der Waals surface area contributed by atoms with Gasteiger partial charge in [0.25, 0.3) is 0 Å². The van der Waals surface area contributed by atoms with E-state index in [-0.39, 0.29) is 0 Å². The summed E-state index contributed by atoms with van der Waals surface area (Å²) < 4.78 is 15.3. The second-order valence-corrected chi connectivity index (χ2v) is 2.42. The highest BCUT2D eigenvalue weighted by molar-refractivity contribution is 5.50. The number of nitriles is 1. The van der Waals surface area contributed by atoms with Crippen molar-refractivity contribution < 1.29 is 14.2 Å². The SMILES string of the molecule is CC#N.COc1cccc(OC)c1OC. The monoisotopic (exact) mass is 209 g/mol. The predicted molar refractivity (Wildman–Crippen MR) is 57.4 cm³/mol. The Bertz CT molecular complexity index is 309. The van der Waals surface area contributed by atoms with E-state index >= 15 is 0 Å². The fraction of sp³-hybridized carbons (Fsp3) is 0.364. The molecule has 0 aliphatic carbocycles. The molecule has 4 nitrogen and oxygen atoms in total. The van der Waals surface area contributed by atoms with Gasteiger partial charge >= 0.3 is 0 Å². The van der Waals surface area contributed by atoms with Crippen LogP contribution in [0, 0.1) is 11.3 Å². The molecule has 1 aromatic rings. The largest absolute Gasteiger partial charge is 0.493 e. The van der Waals surface area contributed by atoms with E-state index < -0.39 is 0 Å². The van der Waals surface area contributed by atoms with Gasteiger partial charge in [-0.15, -0.1) is 0 Å². The number of nitrogens with zero attached hydrogens (tertiary/aromatic N) is 1. The van der Waals surface area contributed by atoms with Crippen LogP contribution in [0.25, 0.3) is 0 Å². The minimum Gasteiger partial charge on any atom is -0.493 e. The standard InChI is InChI=1S/C9H12O3.C2H3N/c1-10-7-5-4-6-8(11-2)9(7)12-3;1-2-3/h4-6H,1-3H3;1H3. The first kappa shape index (κ1) is 13.1. The molecule has 0 unspecified atom stereocenters. The average molecular weight is 209 g/mol. The summed E-state index contributed by atoms with van der Waals surface area (Å²) in [7, 11) is 4.77. The van der Waals surface area contributed by atoms with Gasteiger partial charge in [-0.25, -0.2) is 0 Å². The Labute approximate surface area is 90.0 Å². The molecule has 82 valence electrons. The third-order valence-electron chi connectivity index (χ3n) is 1.59. The second kappa shape index (κ2) is 7.51. The van der Waals surface area contributed by atoms with E-state index in [2.05, 4.69) is 0 Å². The molecule has 0 aromatic heterocycles. The second-order valence-electron chi connectivity index (χ2n) is 2.42. The summed E-state index contributed by atoms with van der Waals surface area (Å²) in [5, 5.41) is 7.32. The molecule has 0 heterocycles. The molecule has 0 aliphatic rings. The minimum absolute atomic E-state index is 0.627. The summed E-state index contributed by atoms with van der Waals surface area (Å²) in [6, 6.07) is 7.24. The zero-order valence-electron chi connectivity index (χ0n) is 9.40. The lowest BCUT2D eigenvalue weighted by molar-refractivity contribution is 0.324. The number of ether oxygens (including phenoxy) is 3. The molecule has 0 radical (unpaired) electrons. The maximum atomic E-state index is 7.32. The molecular weight excluding hydrogens is 194 g/mol. The molecule has 0 bridgehead atoms. The van der Waals surface area contributed by atoms with Crippen molar-refractivity contribution in [2.24, 2.45) is 0 Å². The molecule has 1 aromatic carbocycles. The Morgan fingerprint density at radius 2 is 1.40 bits per heavy atom. The fourth-order valence-electron chi connectivity index (χ4n) is 1.02. The van der Waals surface area contributed by atoms with Crippen LogP contribution in [-0.2, 0) is 0 Å². The molecule has 0 N–H and O–H groups in total. The van der Waals surface area contributed by atoms with E-state index in [4.69, 9.17) is 19.5 Å². The minimum atomic E-state index is 0.627. The Balaban J connectivity index is 0.000000583. The van der Waals surface area contributed by atoms with Crippen molar-refractivity contribution in [2.45, 2.75) is 6.92 Å². The van der Waals surface area contributed by atoms with Gasteiger partial charge in [-0.2, -0.15) is 5.26 Å². The number of methoxy groups -OCH3 is 3. The van der Waals surface area contributed by atoms with Gasteiger partial charge in [0.05, 0.1) is 27.4 Å². The van der Waals surface area contributed by atoms with Gasteiger partial charge in [-0.3, -0.25) is 0 Å². The summed E-state index contributed by atoms with van der Waals surface area (Å²) in [6.07, 6.45) is 0. The van der Waals surface area contributed by atoms with E-state index in [0.717, 1.165) is 0 Å². The molecule has 0 fully saturated rings. The lowest BCUT2D eigenvalue weighted by Crippen LogP contribution is -1.93. The van der Waals surface area contributed by atoms with Crippen LogP contribution < -0.4 is 14.2 Å². The van der Waals surface area contributed by atoms with Gasteiger partial charge in [-0.1, -0.05) is 6.07 Å². The van der Waals surface area contributed by atoms with Gasteiger partial charge in [-0.05, 0) is 12.1 Å². The third kappa shape index (κ3) is 3.77. The topological polar surface area (TPSA) is 51.5 Å². The van der Waals surface area contributed by atoms with E-state index in [9.17, 15) is 0 Å². The van der Waals surface area contributed by atoms with Gasteiger partial charge < -0.3 is 14.2 Å². The molecule has 4 heteroatoms. The summed E-state index contributed by atoms with van der Waals surface area (Å²) in [6.45, 7) is 1.43. The maximum absolute atomic E-state index is 7.32. The Morgan fingerprint density at radius 3 is 1.67 bits per heavy atom. The lowest BCUT2D eigenvalue weighted by Gasteiger charge is -2.10. The van der Waals surface area contributed by atoms with E-state index in [1.165, 1.54) is 6.92 Å². The Hall–Kier alpha value is -1.89. The smallest absolute Gasteiger partial charge is 0.203 e. The van der Waals surface area contributed by atoms with Crippen LogP contribution in [0.1, 0.15) is 6.92 Å². The first-order valence-corrected chi connectivity index (χ1v) is 4.30. The summed E-state index contributed by atoms with van der Waals surface area (Å²) in [4.78, 5) is 0. The summed E-state index contributed by atoms with van der Waals surface area (Å²) in [5.41, 5.74) is 0. The lowest BCUT2D eigenvalue weighted by atomic mass is 10.3. The molecule has 0 saturated heterocycles. The van der Waals surface area contributed by atoms with Gasteiger partial charge in [0.15, 0.2) is 11.5 Å². The Kier molecular flexibility index (Phi) is 6.56. The Morgan fingerprint density at radius 1 is 1.00 bits per heavy atom. The van der Waals surface area contributed by atoms with E-state index in [0.29, 0.717) is 17.2 Å². The molecular formula is C11H15NO3. The molecule has 0 spiro atoms. The number of para-hydroxylation sites is 1. The summed E-state index contributed by atoms with van der Waals surface area (Å²) in [5.74, 6) is 1.98. The number of hydrogen-bond acceptors (Lipinski definition) is 4. The van der Waals surface area contributed by atoms with Crippen LogP contribution in [0.5, 0.6) is 17.2 Å². The molecule has 0 atom stereocenters. The average Bonchev–Trinajstić information content (AvgIpc) is 2.28. The number of rotatable bonds is 3. The van der Waals surface area contributed by atoms with Crippen LogP contribution in [-0.4, -0.2) is 21.3 Å². The molecule has 1 rings (SSSR count). The van der Waals surface area contributed by atoms with E-state index in [1.54, 1.807) is 27.4 Å². The quantitative estimate of drug-likeness (QED) is 0.766. The van der Waals surface area contributed by atoms with Crippen LogP contribution in [0.3, 0.4) is 0 Å². The molecule has 15 heavy (non-hydrogen) atoms. The zero-order chi connectivity index (χ0) is 11.7. The van der Waals surface area contributed by atoms with Crippen molar-refractivity contribution >= 4 is 0 Å². The van der Waals surface area contributed by atoms with Crippen molar-refractivity contribution in [3.63, 3.8) is 0 Å². The first-order valence-electron chi connectivity index (χ1n) is 4.30. The van der Waals surface area contributed by atoms with Crippen molar-refractivity contribution in [3.05, 3.63) is 18.2 Å². The van der Waals surface area contributed by atoms with Crippen LogP contribution >= 0.6 is 0 Å². The van der Waals surface area contributed by atoms with Crippen LogP contribution in [0.4, 0.5) is 0 Å². The molecule has 0 saturated carbocycles. The highest BCUT2D eigenvalue weighted by Gasteiger charge is 2.08. The first-order chi connectivity index (χ1) is 7.24. The van der Waals surface area contributed by atoms with Gasteiger partial charge in [0.2, 0.25) is 5.75 Å². The number of benzene rings is 1. The van der Waals surface area contributed by atoms with Gasteiger partial charge in [0.1, 0.15) is 0 Å². The third-order valence-corrected chi connectivity index (χ3v) is 1.59.